The molecule has 0 aliphatic rings. The lowest BCUT2D eigenvalue weighted by molar-refractivity contribution is -0.116. The topological polar surface area (TPSA) is 89.3 Å². The zero-order valence-electron chi connectivity index (χ0n) is 13.8. The van der Waals surface area contributed by atoms with Crippen LogP contribution in [0, 0.1) is 13.8 Å². The van der Waals surface area contributed by atoms with Crippen LogP contribution in [0.5, 0.6) is 0 Å². The minimum absolute atomic E-state index is 0.0405. The van der Waals surface area contributed by atoms with E-state index in [2.05, 4.69) is 5.32 Å². The molecule has 5 nitrogen and oxygen atoms in total. The first-order chi connectivity index (χ1) is 11.4. The van der Waals surface area contributed by atoms with E-state index in [1.807, 2.05) is 26.0 Å². The maximum Gasteiger partial charge on any atom is 0.250 e. The summed E-state index contributed by atoms with van der Waals surface area (Å²) >= 11 is 0. The predicted molar refractivity (Wildman–Crippen MR) is 93.1 cm³/mol. The van der Waals surface area contributed by atoms with Crippen LogP contribution >= 0.6 is 0 Å². The van der Waals surface area contributed by atoms with E-state index in [9.17, 15) is 14.4 Å². The Morgan fingerprint density at radius 2 is 1.67 bits per heavy atom. The molecule has 0 bridgehead atoms. The summed E-state index contributed by atoms with van der Waals surface area (Å²) in [5.41, 5.74) is 8.63. The third-order valence-corrected chi connectivity index (χ3v) is 3.87. The number of amides is 2. The number of Topliss-reactive ketones (excluding diaryl/α,β-unsaturated/α-hetero) is 1. The Morgan fingerprint density at radius 3 is 2.33 bits per heavy atom. The summed E-state index contributed by atoms with van der Waals surface area (Å²) in [5, 5.41) is 2.63. The summed E-state index contributed by atoms with van der Waals surface area (Å²) in [6.07, 6.45) is 0.145. The summed E-state index contributed by atoms with van der Waals surface area (Å²) in [4.78, 5) is 35.5. The highest BCUT2D eigenvalue weighted by Crippen LogP contribution is 2.16. The molecule has 2 aromatic carbocycles. The molecular weight excluding hydrogens is 304 g/mol. The quantitative estimate of drug-likeness (QED) is 0.800. The van der Waals surface area contributed by atoms with Crippen LogP contribution in [0.15, 0.2) is 42.5 Å². The maximum absolute atomic E-state index is 12.2. The van der Waals surface area contributed by atoms with Gasteiger partial charge in [-0.3, -0.25) is 14.4 Å². The average Bonchev–Trinajstić information content (AvgIpc) is 2.55. The maximum atomic E-state index is 12.2. The number of nitrogens with one attached hydrogen (secondary N) is 1. The lowest BCUT2D eigenvalue weighted by atomic mass is 10.0. The SMILES string of the molecule is Cc1ccc(C(=O)CCC(=O)Nc2ccccc2C(N)=O)cc1C. The molecule has 0 aromatic heterocycles. The van der Waals surface area contributed by atoms with Gasteiger partial charge >= 0.3 is 0 Å². The van der Waals surface area contributed by atoms with E-state index in [0.29, 0.717) is 11.3 Å². The molecule has 0 saturated carbocycles. The number of carbonyl (C=O) groups is 3. The molecular formula is C19H20N2O3. The minimum atomic E-state index is -0.614. The summed E-state index contributed by atoms with van der Waals surface area (Å²) in [6.45, 7) is 3.92. The fraction of sp³-hybridized carbons (Fsp3) is 0.211. The van der Waals surface area contributed by atoms with Gasteiger partial charge in [0.1, 0.15) is 0 Å². The van der Waals surface area contributed by atoms with E-state index >= 15 is 0 Å². The normalized spacial score (nSPS) is 10.2. The van der Waals surface area contributed by atoms with Crippen LogP contribution in [0.3, 0.4) is 0 Å². The van der Waals surface area contributed by atoms with Crippen LogP contribution in [0.25, 0.3) is 0 Å². The van der Waals surface area contributed by atoms with Crippen molar-refractivity contribution in [2.24, 2.45) is 5.73 Å². The van der Waals surface area contributed by atoms with Crippen molar-refractivity contribution in [1.82, 2.24) is 0 Å². The monoisotopic (exact) mass is 324 g/mol. The lowest BCUT2D eigenvalue weighted by Crippen LogP contribution is -2.18. The second-order valence-electron chi connectivity index (χ2n) is 5.68. The van der Waals surface area contributed by atoms with Crippen molar-refractivity contribution in [2.75, 3.05) is 5.32 Å². The van der Waals surface area contributed by atoms with Gasteiger partial charge in [0.2, 0.25) is 5.91 Å². The number of nitrogens with two attached hydrogens (primary N) is 1. The molecule has 0 heterocycles. The highest BCUT2D eigenvalue weighted by atomic mass is 16.2. The second-order valence-corrected chi connectivity index (χ2v) is 5.68. The Labute approximate surface area is 140 Å². The molecule has 0 unspecified atom stereocenters. The standard InChI is InChI=1S/C19H20N2O3/c1-12-7-8-14(11-13(12)2)17(22)9-10-18(23)21-16-6-4-3-5-15(16)19(20)24/h3-8,11H,9-10H2,1-2H3,(H2,20,24)(H,21,23). The first kappa shape index (κ1) is 17.4. The van der Waals surface area contributed by atoms with Gasteiger partial charge in [0.05, 0.1) is 11.3 Å². The molecule has 0 aliphatic heterocycles. The largest absolute Gasteiger partial charge is 0.366 e. The van der Waals surface area contributed by atoms with E-state index in [0.717, 1.165) is 11.1 Å². The number of primary amides is 1. The third kappa shape index (κ3) is 4.29. The summed E-state index contributed by atoms with van der Waals surface area (Å²) in [5.74, 6) is -1.03. The van der Waals surface area contributed by atoms with Gasteiger partial charge in [0, 0.05) is 18.4 Å². The van der Waals surface area contributed by atoms with Crippen molar-refractivity contribution in [3.63, 3.8) is 0 Å². The fourth-order valence-corrected chi connectivity index (χ4v) is 2.31. The van der Waals surface area contributed by atoms with Crippen LogP contribution in [-0.4, -0.2) is 17.6 Å². The van der Waals surface area contributed by atoms with Crippen LogP contribution in [-0.2, 0) is 4.79 Å². The summed E-state index contributed by atoms with van der Waals surface area (Å²) in [6, 6.07) is 12.0. The number of aryl methyl sites for hydroxylation is 2. The van der Waals surface area contributed by atoms with E-state index in [1.165, 1.54) is 6.07 Å². The number of rotatable bonds is 6. The Kier molecular flexibility index (Phi) is 5.47. The zero-order chi connectivity index (χ0) is 17.7. The lowest BCUT2D eigenvalue weighted by Gasteiger charge is -2.09. The van der Waals surface area contributed by atoms with Gasteiger partial charge in [-0.1, -0.05) is 24.3 Å². The highest BCUT2D eigenvalue weighted by molar-refractivity contribution is 6.04. The van der Waals surface area contributed by atoms with Crippen LogP contribution in [0.4, 0.5) is 5.69 Å². The Hall–Kier alpha value is -2.95. The Balaban J connectivity index is 1.97. The molecule has 0 saturated heterocycles. The first-order valence-corrected chi connectivity index (χ1v) is 7.67. The molecule has 2 rings (SSSR count). The molecule has 2 amide bonds. The zero-order valence-corrected chi connectivity index (χ0v) is 13.8. The second kappa shape index (κ2) is 7.55. The van der Waals surface area contributed by atoms with Crippen molar-refractivity contribution in [3.8, 4) is 0 Å². The Morgan fingerprint density at radius 1 is 0.958 bits per heavy atom. The molecule has 0 aliphatic carbocycles. The van der Waals surface area contributed by atoms with Gasteiger partial charge < -0.3 is 11.1 Å². The van der Waals surface area contributed by atoms with Crippen molar-refractivity contribution < 1.29 is 14.4 Å². The minimum Gasteiger partial charge on any atom is -0.366 e. The predicted octanol–water partition coefficient (Wildman–Crippen LogP) is 3.00. The number of hydrogen-bond acceptors (Lipinski definition) is 3. The van der Waals surface area contributed by atoms with Gasteiger partial charge in [0.15, 0.2) is 5.78 Å². The average molecular weight is 324 g/mol. The molecule has 124 valence electrons. The van der Waals surface area contributed by atoms with Crippen molar-refractivity contribution >= 4 is 23.3 Å². The van der Waals surface area contributed by atoms with E-state index < -0.39 is 5.91 Å². The summed E-state index contributed by atoms with van der Waals surface area (Å²) in [7, 11) is 0. The smallest absolute Gasteiger partial charge is 0.250 e. The van der Waals surface area contributed by atoms with Gasteiger partial charge in [-0.2, -0.15) is 0 Å². The molecule has 0 fully saturated rings. The molecule has 5 heteroatoms. The van der Waals surface area contributed by atoms with Gasteiger partial charge in [-0.05, 0) is 43.2 Å². The fourth-order valence-electron chi connectivity index (χ4n) is 2.31. The van der Waals surface area contributed by atoms with Crippen molar-refractivity contribution in [2.45, 2.75) is 26.7 Å². The van der Waals surface area contributed by atoms with Crippen molar-refractivity contribution in [1.29, 1.82) is 0 Å². The highest BCUT2D eigenvalue weighted by Gasteiger charge is 2.13. The first-order valence-electron chi connectivity index (χ1n) is 7.67. The van der Waals surface area contributed by atoms with Crippen LogP contribution in [0.2, 0.25) is 0 Å². The van der Waals surface area contributed by atoms with E-state index in [1.54, 1.807) is 24.3 Å². The van der Waals surface area contributed by atoms with Crippen molar-refractivity contribution in [3.05, 3.63) is 64.7 Å². The Bertz CT molecular complexity index is 797. The van der Waals surface area contributed by atoms with Gasteiger partial charge in [-0.25, -0.2) is 0 Å². The molecule has 0 spiro atoms. The van der Waals surface area contributed by atoms with Crippen LogP contribution in [0.1, 0.15) is 44.7 Å². The number of hydrogen-bond donors (Lipinski definition) is 2. The van der Waals surface area contributed by atoms with Gasteiger partial charge in [-0.15, -0.1) is 0 Å². The number of carbonyl (C=O) groups excluding carboxylic acids is 3. The summed E-state index contributed by atoms with van der Waals surface area (Å²) < 4.78 is 0. The number of para-hydroxylation sites is 1. The molecule has 0 radical (unpaired) electrons. The molecule has 3 N–H and O–H groups in total. The number of ketones is 1. The number of benzene rings is 2. The molecule has 0 atom stereocenters. The third-order valence-electron chi connectivity index (χ3n) is 3.87. The van der Waals surface area contributed by atoms with Gasteiger partial charge in [0.25, 0.3) is 5.91 Å². The van der Waals surface area contributed by atoms with E-state index in [-0.39, 0.29) is 30.1 Å². The molecule has 2 aromatic rings. The number of anilines is 1. The van der Waals surface area contributed by atoms with Crippen LogP contribution < -0.4 is 11.1 Å². The van der Waals surface area contributed by atoms with E-state index in [4.69, 9.17) is 5.73 Å². The molecule has 24 heavy (non-hydrogen) atoms.